The van der Waals surface area contributed by atoms with E-state index in [9.17, 15) is 4.79 Å². The van der Waals surface area contributed by atoms with Crippen LogP contribution >= 0.6 is 34.7 Å². The average Bonchev–Trinajstić information content (AvgIpc) is 3.16. The van der Waals surface area contributed by atoms with Crippen molar-refractivity contribution in [3.63, 3.8) is 0 Å². The van der Waals surface area contributed by atoms with Gasteiger partial charge in [0.15, 0.2) is 0 Å². The average molecular weight is 364 g/mol. The standard InChI is InChI=1S/C16H14ClN3OS2/c17-10-3-1-2-9(4-10)5-14-19-11-6-12(13-7-18-8-22-13)23-15(11)16(21)20-14/h1-4,6,13,18H,5,7-8H2,(H,19,20,21). The summed E-state index contributed by atoms with van der Waals surface area (Å²) in [5.74, 6) is 1.63. The SMILES string of the molecule is O=c1[nH]c(Cc2cccc(Cl)c2)nc2cc(C3CNCS3)sc12. The zero-order valence-electron chi connectivity index (χ0n) is 12.1. The van der Waals surface area contributed by atoms with Gasteiger partial charge in [0, 0.05) is 28.7 Å². The Balaban J connectivity index is 1.70. The number of halogens is 1. The van der Waals surface area contributed by atoms with Crippen molar-refractivity contribution in [2.24, 2.45) is 0 Å². The van der Waals surface area contributed by atoms with Crippen LogP contribution in [0.25, 0.3) is 10.2 Å². The first-order chi connectivity index (χ1) is 11.2. The number of rotatable bonds is 3. The maximum absolute atomic E-state index is 12.4. The van der Waals surface area contributed by atoms with Crippen molar-refractivity contribution in [2.75, 3.05) is 12.4 Å². The maximum Gasteiger partial charge on any atom is 0.268 e. The predicted molar refractivity (Wildman–Crippen MR) is 97.7 cm³/mol. The highest BCUT2D eigenvalue weighted by Gasteiger charge is 2.21. The van der Waals surface area contributed by atoms with Crippen molar-refractivity contribution in [2.45, 2.75) is 11.7 Å². The molecule has 4 nitrogen and oxygen atoms in total. The summed E-state index contributed by atoms with van der Waals surface area (Å²) in [6, 6.07) is 9.67. The zero-order valence-corrected chi connectivity index (χ0v) is 14.5. The second-order valence-electron chi connectivity index (χ2n) is 5.44. The Hall–Kier alpha value is -1.34. The molecule has 23 heavy (non-hydrogen) atoms. The van der Waals surface area contributed by atoms with Crippen LogP contribution in [0.4, 0.5) is 0 Å². The van der Waals surface area contributed by atoms with Crippen LogP contribution in [0, 0.1) is 0 Å². The number of thioether (sulfide) groups is 1. The Bertz CT molecular complexity index is 915. The van der Waals surface area contributed by atoms with E-state index in [1.54, 1.807) is 11.3 Å². The number of hydrogen-bond acceptors (Lipinski definition) is 5. The number of benzene rings is 1. The van der Waals surface area contributed by atoms with E-state index in [-0.39, 0.29) is 5.56 Å². The van der Waals surface area contributed by atoms with Gasteiger partial charge in [0.2, 0.25) is 0 Å². The lowest BCUT2D eigenvalue weighted by molar-refractivity contribution is 0.814. The first-order valence-corrected chi connectivity index (χ1v) is 9.53. The molecule has 3 aromatic rings. The molecule has 0 amide bonds. The Labute approximate surface area is 146 Å². The van der Waals surface area contributed by atoms with Crippen LogP contribution in [0.1, 0.15) is 21.5 Å². The van der Waals surface area contributed by atoms with Crippen molar-refractivity contribution in [3.05, 3.63) is 62.0 Å². The molecule has 1 aliphatic rings. The highest BCUT2D eigenvalue weighted by atomic mass is 35.5. The monoisotopic (exact) mass is 363 g/mol. The third-order valence-corrected chi connectivity index (χ3v) is 6.56. The third kappa shape index (κ3) is 3.17. The normalized spacial score (nSPS) is 17.9. The summed E-state index contributed by atoms with van der Waals surface area (Å²) in [5, 5.41) is 4.44. The molecule has 0 bridgehead atoms. The van der Waals surface area contributed by atoms with Gasteiger partial charge in [-0.25, -0.2) is 4.98 Å². The van der Waals surface area contributed by atoms with Crippen LogP contribution in [-0.2, 0) is 6.42 Å². The fourth-order valence-electron chi connectivity index (χ4n) is 2.68. The van der Waals surface area contributed by atoms with Crippen LogP contribution in [0.2, 0.25) is 5.02 Å². The number of hydrogen-bond donors (Lipinski definition) is 2. The molecular formula is C16H14ClN3OS2. The fraction of sp³-hybridized carbons (Fsp3) is 0.250. The number of thiophene rings is 1. The Morgan fingerprint density at radius 3 is 3.04 bits per heavy atom. The van der Waals surface area contributed by atoms with Crippen molar-refractivity contribution in [3.8, 4) is 0 Å². The number of aromatic amines is 1. The van der Waals surface area contributed by atoms with Gasteiger partial charge in [-0.1, -0.05) is 23.7 Å². The lowest BCUT2D eigenvalue weighted by Crippen LogP contribution is -2.10. The third-order valence-electron chi connectivity index (χ3n) is 3.75. The lowest BCUT2D eigenvalue weighted by Gasteiger charge is -2.02. The van der Waals surface area contributed by atoms with E-state index in [1.165, 1.54) is 4.88 Å². The van der Waals surface area contributed by atoms with Crippen LogP contribution in [0.15, 0.2) is 35.1 Å². The van der Waals surface area contributed by atoms with Gasteiger partial charge in [-0.15, -0.1) is 23.1 Å². The summed E-state index contributed by atoms with van der Waals surface area (Å²) in [6.45, 7) is 0.949. The first-order valence-electron chi connectivity index (χ1n) is 7.28. The number of fused-ring (bicyclic) bond motifs is 1. The lowest BCUT2D eigenvalue weighted by atomic mass is 10.1. The molecule has 1 saturated heterocycles. The van der Waals surface area contributed by atoms with Gasteiger partial charge in [-0.2, -0.15) is 0 Å². The van der Waals surface area contributed by atoms with Gasteiger partial charge in [0.1, 0.15) is 10.5 Å². The number of aromatic nitrogens is 2. The molecule has 4 rings (SSSR count). The molecular weight excluding hydrogens is 350 g/mol. The van der Waals surface area contributed by atoms with Gasteiger partial charge in [0.05, 0.1) is 10.8 Å². The van der Waals surface area contributed by atoms with E-state index in [0.717, 1.165) is 23.5 Å². The van der Waals surface area contributed by atoms with Crippen molar-refractivity contribution >= 4 is 44.9 Å². The highest BCUT2D eigenvalue weighted by Crippen LogP contribution is 2.37. The summed E-state index contributed by atoms with van der Waals surface area (Å²) >= 11 is 9.43. The summed E-state index contributed by atoms with van der Waals surface area (Å²) in [7, 11) is 0. The molecule has 3 heterocycles. The molecule has 1 fully saturated rings. The fourth-order valence-corrected chi connectivity index (χ4v) is 5.12. The number of nitrogens with zero attached hydrogens (tertiary/aromatic N) is 1. The Morgan fingerprint density at radius 1 is 1.35 bits per heavy atom. The topological polar surface area (TPSA) is 57.8 Å². The smallest absolute Gasteiger partial charge is 0.268 e. The van der Waals surface area contributed by atoms with Crippen LogP contribution < -0.4 is 10.9 Å². The van der Waals surface area contributed by atoms with E-state index >= 15 is 0 Å². The minimum Gasteiger partial charge on any atom is -0.309 e. The van der Waals surface area contributed by atoms with Gasteiger partial charge < -0.3 is 10.3 Å². The largest absolute Gasteiger partial charge is 0.309 e. The van der Waals surface area contributed by atoms with Crippen molar-refractivity contribution in [1.82, 2.24) is 15.3 Å². The van der Waals surface area contributed by atoms with E-state index in [1.807, 2.05) is 36.0 Å². The Morgan fingerprint density at radius 2 is 2.26 bits per heavy atom. The van der Waals surface area contributed by atoms with Gasteiger partial charge >= 0.3 is 0 Å². The van der Waals surface area contributed by atoms with Crippen LogP contribution in [0.5, 0.6) is 0 Å². The minimum absolute atomic E-state index is 0.0563. The van der Waals surface area contributed by atoms with Crippen molar-refractivity contribution < 1.29 is 0 Å². The Kier molecular flexibility index (Phi) is 4.15. The second kappa shape index (κ2) is 6.28. The summed E-state index contributed by atoms with van der Waals surface area (Å²) in [5.41, 5.74) is 1.77. The van der Waals surface area contributed by atoms with Crippen LogP contribution in [-0.4, -0.2) is 22.4 Å². The molecule has 7 heteroatoms. The van der Waals surface area contributed by atoms with Gasteiger partial charge in [0.25, 0.3) is 5.56 Å². The second-order valence-corrected chi connectivity index (χ2v) is 8.15. The van der Waals surface area contributed by atoms with Gasteiger partial charge in [-0.3, -0.25) is 4.79 Å². The van der Waals surface area contributed by atoms with E-state index < -0.39 is 0 Å². The molecule has 1 unspecified atom stereocenters. The zero-order chi connectivity index (χ0) is 15.8. The van der Waals surface area contributed by atoms with Gasteiger partial charge in [-0.05, 0) is 23.8 Å². The molecule has 0 radical (unpaired) electrons. The summed E-state index contributed by atoms with van der Waals surface area (Å²) in [4.78, 5) is 21.1. The summed E-state index contributed by atoms with van der Waals surface area (Å²) < 4.78 is 0.711. The quantitative estimate of drug-likeness (QED) is 0.747. The van der Waals surface area contributed by atoms with E-state index in [0.29, 0.717) is 27.2 Å². The number of nitrogens with one attached hydrogen (secondary N) is 2. The van der Waals surface area contributed by atoms with E-state index in [2.05, 4.69) is 21.4 Å². The first kappa shape index (κ1) is 15.2. The molecule has 118 valence electrons. The molecule has 2 N–H and O–H groups in total. The van der Waals surface area contributed by atoms with Crippen molar-refractivity contribution in [1.29, 1.82) is 0 Å². The molecule has 2 aromatic heterocycles. The molecule has 1 aromatic carbocycles. The number of H-pyrrole nitrogens is 1. The van der Waals surface area contributed by atoms with E-state index in [4.69, 9.17) is 11.6 Å². The highest BCUT2D eigenvalue weighted by molar-refractivity contribution is 7.99. The molecule has 0 saturated carbocycles. The van der Waals surface area contributed by atoms with Crippen LogP contribution in [0.3, 0.4) is 0 Å². The molecule has 0 spiro atoms. The molecule has 1 aliphatic heterocycles. The maximum atomic E-state index is 12.4. The minimum atomic E-state index is -0.0563. The summed E-state index contributed by atoms with van der Waals surface area (Å²) in [6.07, 6.45) is 0.566. The predicted octanol–water partition coefficient (Wildman–Crippen LogP) is 3.56. The molecule has 0 aliphatic carbocycles. The molecule has 1 atom stereocenters.